The molecule has 0 saturated heterocycles. The smallest absolute Gasteiger partial charge is 0.159 e. The number of rotatable bonds is 6. The van der Waals surface area contributed by atoms with E-state index >= 15 is 0 Å². The molecule has 6 heteroatoms. The quantitative estimate of drug-likeness (QED) is 0.502. The summed E-state index contributed by atoms with van der Waals surface area (Å²) < 4.78 is 1.93. The minimum Gasteiger partial charge on any atom is -0.289 e. The maximum atomic E-state index is 4.74. The number of aromatic nitrogens is 4. The van der Waals surface area contributed by atoms with Crippen LogP contribution in [0.3, 0.4) is 0 Å². The van der Waals surface area contributed by atoms with Crippen LogP contribution in [-0.2, 0) is 19.6 Å². The molecule has 5 nitrogen and oxygen atoms in total. The molecule has 1 aromatic carbocycles. The molecule has 0 amide bonds. The average molecular weight is 378 g/mol. The standard InChI is InChI=1S/C21H23N5S/c1-15-9-16(2)26-21(24-15)19(10-23-26)12-25(11-18-7-5-4-6-8-18)13-20-17(3)22-14-27-20/h4-10,14H,11-13H2,1-3H3. The van der Waals surface area contributed by atoms with Gasteiger partial charge < -0.3 is 0 Å². The summed E-state index contributed by atoms with van der Waals surface area (Å²) in [5.74, 6) is 0. The second-order valence-electron chi connectivity index (χ2n) is 6.94. The Hall–Kier alpha value is -2.57. The molecular weight excluding hydrogens is 354 g/mol. The average Bonchev–Trinajstić information content (AvgIpc) is 3.23. The minimum atomic E-state index is 0.797. The zero-order chi connectivity index (χ0) is 18.8. The van der Waals surface area contributed by atoms with Gasteiger partial charge in [-0.1, -0.05) is 30.3 Å². The summed E-state index contributed by atoms with van der Waals surface area (Å²) in [6, 6.07) is 12.7. The van der Waals surface area contributed by atoms with E-state index in [9.17, 15) is 0 Å². The lowest BCUT2D eigenvalue weighted by molar-refractivity contribution is 0.250. The molecule has 4 aromatic rings. The van der Waals surface area contributed by atoms with E-state index in [1.807, 2.05) is 23.1 Å². The molecule has 3 aromatic heterocycles. The van der Waals surface area contributed by atoms with Gasteiger partial charge in [-0.25, -0.2) is 14.5 Å². The van der Waals surface area contributed by atoms with E-state index in [4.69, 9.17) is 4.98 Å². The Morgan fingerprint density at radius 2 is 1.85 bits per heavy atom. The van der Waals surface area contributed by atoms with Crippen LogP contribution in [0.2, 0.25) is 0 Å². The van der Waals surface area contributed by atoms with Crippen LogP contribution in [0.25, 0.3) is 5.65 Å². The molecule has 0 aliphatic heterocycles. The highest BCUT2D eigenvalue weighted by atomic mass is 32.1. The van der Waals surface area contributed by atoms with Crippen molar-refractivity contribution >= 4 is 17.0 Å². The third kappa shape index (κ3) is 3.91. The predicted octanol–water partition coefficient (Wildman–Crippen LogP) is 4.31. The van der Waals surface area contributed by atoms with E-state index in [1.54, 1.807) is 11.3 Å². The van der Waals surface area contributed by atoms with Gasteiger partial charge in [-0.3, -0.25) is 4.90 Å². The van der Waals surface area contributed by atoms with E-state index < -0.39 is 0 Å². The summed E-state index contributed by atoms with van der Waals surface area (Å²) in [5.41, 5.74) is 8.58. The summed E-state index contributed by atoms with van der Waals surface area (Å²) in [4.78, 5) is 12.9. The molecule has 0 fully saturated rings. The normalized spacial score (nSPS) is 11.6. The summed E-state index contributed by atoms with van der Waals surface area (Å²) in [7, 11) is 0. The van der Waals surface area contributed by atoms with Crippen molar-refractivity contribution in [2.24, 2.45) is 0 Å². The third-order valence-corrected chi connectivity index (χ3v) is 5.63. The van der Waals surface area contributed by atoms with Gasteiger partial charge in [0.15, 0.2) is 5.65 Å². The molecule has 0 saturated carbocycles. The SMILES string of the molecule is Cc1cc(C)n2ncc(CN(Cc3ccccc3)Cc3scnc3C)c2n1. The Kier molecular flexibility index (Phi) is 5.01. The lowest BCUT2D eigenvalue weighted by atomic mass is 10.2. The molecule has 0 radical (unpaired) electrons. The Labute approximate surface area is 163 Å². The lowest BCUT2D eigenvalue weighted by Crippen LogP contribution is -2.22. The van der Waals surface area contributed by atoms with Gasteiger partial charge in [0, 0.05) is 41.5 Å². The second-order valence-corrected chi connectivity index (χ2v) is 7.88. The van der Waals surface area contributed by atoms with Crippen molar-refractivity contribution in [3.8, 4) is 0 Å². The molecule has 0 N–H and O–H groups in total. The largest absolute Gasteiger partial charge is 0.289 e. The molecule has 4 rings (SSSR count). The zero-order valence-electron chi connectivity index (χ0n) is 15.9. The van der Waals surface area contributed by atoms with Crippen LogP contribution in [0.1, 0.15) is 33.1 Å². The zero-order valence-corrected chi connectivity index (χ0v) is 16.7. The van der Waals surface area contributed by atoms with Crippen LogP contribution >= 0.6 is 11.3 Å². The molecule has 0 aliphatic rings. The topological polar surface area (TPSA) is 46.3 Å². The Morgan fingerprint density at radius 3 is 2.59 bits per heavy atom. The van der Waals surface area contributed by atoms with Crippen molar-refractivity contribution in [2.75, 3.05) is 0 Å². The van der Waals surface area contributed by atoms with E-state index in [0.29, 0.717) is 0 Å². The highest BCUT2D eigenvalue weighted by molar-refractivity contribution is 7.09. The number of thiazole rings is 1. The number of benzene rings is 1. The predicted molar refractivity (Wildman–Crippen MR) is 109 cm³/mol. The van der Waals surface area contributed by atoms with E-state index in [2.05, 4.69) is 65.2 Å². The summed E-state index contributed by atoms with van der Waals surface area (Å²) in [6.07, 6.45) is 1.95. The molecule has 0 atom stereocenters. The van der Waals surface area contributed by atoms with E-state index in [-0.39, 0.29) is 0 Å². The maximum absolute atomic E-state index is 4.74. The summed E-state index contributed by atoms with van der Waals surface area (Å²) >= 11 is 1.72. The molecule has 3 heterocycles. The molecular formula is C21H23N5S. The summed E-state index contributed by atoms with van der Waals surface area (Å²) in [5, 5.41) is 4.55. The molecule has 138 valence electrons. The van der Waals surface area contributed by atoms with Crippen molar-refractivity contribution in [3.05, 3.63) is 81.2 Å². The van der Waals surface area contributed by atoms with Gasteiger partial charge in [-0.15, -0.1) is 11.3 Å². The van der Waals surface area contributed by atoms with Gasteiger partial charge in [-0.05, 0) is 32.4 Å². The lowest BCUT2D eigenvalue weighted by Gasteiger charge is -2.21. The Morgan fingerprint density at radius 1 is 1.04 bits per heavy atom. The molecule has 27 heavy (non-hydrogen) atoms. The molecule has 0 unspecified atom stereocenters. The van der Waals surface area contributed by atoms with Gasteiger partial charge in [0.25, 0.3) is 0 Å². The third-order valence-electron chi connectivity index (χ3n) is 4.71. The minimum absolute atomic E-state index is 0.797. The molecule has 0 bridgehead atoms. The van der Waals surface area contributed by atoms with Gasteiger partial charge in [0.2, 0.25) is 0 Å². The van der Waals surface area contributed by atoms with Gasteiger partial charge in [0.05, 0.1) is 17.4 Å². The first-order chi connectivity index (χ1) is 13.1. The maximum Gasteiger partial charge on any atom is 0.159 e. The fourth-order valence-corrected chi connectivity index (χ4v) is 4.18. The van der Waals surface area contributed by atoms with Crippen molar-refractivity contribution in [2.45, 2.75) is 40.4 Å². The van der Waals surface area contributed by atoms with Crippen molar-refractivity contribution in [1.29, 1.82) is 0 Å². The molecule has 0 spiro atoms. The molecule has 0 aliphatic carbocycles. The fourth-order valence-electron chi connectivity index (χ4n) is 3.36. The van der Waals surface area contributed by atoms with Crippen LogP contribution in [0, 0.1) is 20.8 Å². The first-order valence-electron chi connectivity index (χ1n) is 9.06. The number of hydrogen-bond donors (Lipinski definition) is 0. The van der Waals surface area contributed by atoms with Gasteiger partial charge >= 0.3 is 0 Å². The van der Waals surface area contributed by atoms with Crippen LogP contribution in [0.15, 0.2) is 48.1 Å². The highest BCUT2D eigenvalue weighted by Gasteiger charge is 2.15. The van der Waals surface area contributed by atoms with Crippen LogP contribution in [0.5, 0.6) is 0 Å². The Balaban J connectivity index is 1.65. The summed E-state index contributed by atoms with van der Waals surface area (Å²) in [6.45, 7) is 8.72. The first kappa shape index (κ1) is 17.8. The van der Waals surface area contributed by atoms with Crippen molar-refractivity contribution in [3.63, 3.8) is 0 Å². The highest BCUT2D eigenvalue weighted by Crippen LogP contribution is 2.21. The van der Waals surface area contributed by atoms with Crippen molar-refractivity contribution in [1.82, 2.24) is 24.5 Å². The van der Waals surface area contributed by atoms with E-state index in [1.165, 1.54) is 10.4 Å². The van der Waals surface area contributed by atoms with Crippen LogP contribution < -0.4 is 0 Å². The number of nitrogens with zero attached hydrogens (tertiary/aromatic N) is 5. The van der Waals surface area contributed by atoms with E-state index in [0.717, 1.165) is 47.9 Å². The van der Waals surface area contributed by atoms with Crippen molar-refractivity contribution < 1.29 is 0 Å². The van der Waals surface area contributed by atoms with Crippen LogP contribution in [0.4, 0.5) is 0 Å². The number of hydrogen-bond acceptors (Lipinski definition) is 5. The fraction of sp³-hybridized carbons (Fsp3) is 0.286. The Bertz CT molecular complexity index is 1050. The second kappa shape index (κ2) is 7.58. The number of fused-ring (bicyclic) bond motifs is 1. The van der Waals surface area contributed by atoms with Crippen LogP contribution in [-0.4, -0.2) is 24.5 Å². The number of aryl methyl sites for hydroxylation is 3. The van der Waals surface area contributed by atoms with Gasteiger partial charge in [0.1, 0.15) is 0 Å². The first-order valence-corrected chi connectivity index (χ1v) is 9.94. The van der Waals surface area contributed by atoms with Gasteiger partial charge in [-0.2, -0.15) is 5.10 Å². The monoisotopic (exact) mass is 377 g/mol.